The van der Waals surface area contributed by atoms with Gasteiger partial charge in [-0.1, -0.05) is 19.9 Å². The summed E-state index contributed by atoms with van der Waals surface area (Å²) in [5, 5.41) is 180. The predicted octanol–water partition coefficient (Wildman–Crippen LogP) is -7.29. The fourth-order valence-corrected chi connectivity index (χ4v) is 14.9. The van der Waals surface area contributed by atoms with E-state index in [1.807, 2.05) is 0 Å². The van der Waals surface area contributed by atoms with Crippen LogP contribution in [-0.2, 0) is 52.2 Å². The van der Waals surface area contributed by atoms with Crippen LogP contribution in [0.25, 0.3) is 0 Å². The molecule has 17 N–H and O–H groups in total. The fraction of sp³-hybridized carbons (Fsp3) is 0.940. The van der Waals surface area contributed by atoms with E-state index in [9.17, 15) is 91.6 Å². The van der Waals surface area contributed by atoms with Crippen molar-refractivity contribution in [1.82, 2.24) is 0 Å². The van der Waals surface area contributed by atoms with Crippen LogP contribution < -0.4 is 0 Å². The van der Waals surface area contributed by atoms with Crippen LogP contribution in [-0.4, -0.2) is 285 Å². The highest BCUT2D eigenvalue weighted by Gasteiger charge is 2.70. The van der Waals surface area contributed by atoms with E-state index in [1.165, 1.54) is 0 Å². The minimum atomic E-state index is -1.99. The van der Waals surface area contributed by atoms with E-state index in [-0.39, 0.29) is 11.8 Å². The molecule has 5 heterocycles. The molecule has 0 amide bonds. The van der Waals surface area contributed by atoms with Gasteiger partial charge in [0, 0.05) is 0 Å². The molecule has 5 aliphatic heterocycles. The first-order chi connectivity index (χ1) is 36.8. The molecule has 4 aliphatic carbocycles. The summed E-state index contributed by atoms with van der Waals surface area (Å²) >= 11 is 0. The molecule has 28 heteroatoms. The Morgan fingerprint density at radius 2 is 0.962 bits per heavy atom. The van der Waals surface area contributed by atoms with Crippen LogP contribution in [0.4, 0.5) is 0 Å². The zero-order valence-electron chi connectivity index (χ0n) is 43.3. The maximum Gasteiger partial charge on any atom is 0.314 e. The Morgan fingerprint density at radius 1 is 0.513 bits per heavy atom. The minimum absolute atomic E-state index is 0.0488. The van der Waals surface area contributed by atoms with Crippen molar-refractivity contribution in [2.24, 2.45) is 28.1 Å². The first-order valence-corrected chi connectivity index (χ1v) is 26.9. The number of hydrogen-bond acceptors (Lipinski definition) is 28. The summed E-state index contributed by atoms with van der Waals surface area (Å²) in [6.07, 6.45) is -39.2. The second kappa shape index (κ2) is 23.3. The maximum absolute atomic E-state index is 14.7. The Labute approximate surface area is 448 Å². The molecular weight excluding hydrogens is 1050 g/mol. The molecule has 9 fully saturated rings. The lowest BCUT2D eigenvalue weighted by atomic mass is 9.41. The van der Waals surface area contributed by atoms with E-state index >= 15 is 0 Å². The summed E-state index contributed by atoms with van der Waals surface area (Å²) in [7, 11) is 0. The molecule has 1 spiro atoms. The van der Waals surface area contributed by atoms with Gasteiger partial charge in [-0.25, -0.2) is 0 Å². The van der Waals surface area contributed by atoms with Crippen LogP contribution in [0.1, 0.15) is 71.6 Å². The third kappa shape index (κ3) is 10.4. The molecule has 5 saturated heterocycles. The lowest BCUT2D eigenvalue weighted by Gasteiger charge is -2.64. The van der Waals surface area contributed by atoms with Crippen molar-refractivity contribution in [2.45, 2.75) is 231 Å². The van der Waals surface area contributed by atoms with Crippen LogP contribution in [0.2, 0.25) is 0 Å². The smallest absolute Gasteiger partial charge is 0.314 e. The van der Waals surface area contributed by atoms with Crippen LogP contribution in [0, 0.1) is 28.1 Å². The highest BCUT2D eigenvalue weighted by Crippen LogP contribution is 2.74. The van der Waals surface area contributed by atoms with Gasteiger partial charge < -0.3 is 134 Å². The summed E-state index contributed by atoms with van der Waals surface area (Å²) in [6.45, 7) is 4.59. The van der Waals surface area contributed by atoms with Crippen molar-refractivity contribution >= 4 is 5.97 Å². The molecule has 0 radical (unpaired) electrons. The normalized spacial score (nSPS) is 54.5. The average Bonchev–Trinajstić information content (AvgIpc) is 3.54. The van der Waals surface area contributed by atoms with E-state index in [0.717, 1.165) is 0 Å². The molecule has 31 atom stereocenters. The van der Waals surface area contributed by atoms with E-state index < -0.39 is 214 Å². The fourth-order valence-electron chi connectivity index (χ4n) is 14.9. The molecule has 78 heavy (non-hydrogen) atoms. The summed E-state index contributed by atoms with van der Waals surface area (Å²) < 4.78 is 59.7. The summed E-state index contributed by atoms with van der Waals surface area (Å²) in [5.74, 6) is -1.07. The third-order valence-corrected chi connectivity index (χ3v) is 19.2. The van der Waals surface area contributed by atoms with Crippen LogP contribution in [0.5, 0.6) is 0 Å². The average molecular weight is 1130 g/mol. The molecule has 9 rings (SSSR count). The molecule has 2 bridgehead atoms. The van der Waals surface area contributed by atoms with Gasteiger partial charge in [0.25, 0.3) is 0 Å². The molecule has 4 saturated carbocycles. The van der Waals surface area contributed by atoms with E-state index in [2.05, 4.69) is 13.5 Å². The highest BCUT2D eigenvalue weighted by molar-refractivity contribution is 5.77. The van der Waals surface area contributed by atoms with Gasteiger partial charge in [0.2, 0.25) is 6.29 Å². The number of aliphatic hydroxyl groups excluding tert-OH is 17. The molecular formula is C50H80O28. The van der Waals surface area contributed by atoms with Gasteiger partial charge in [-0.2, -0.15) is 0 Å². The van der Waals surface area contributed by atoms with Gasteiger partial charge in [-0.3, -0.25) is 4.79 Å². The quantitative estimate of drug-likeness (QED) is 0.0411. The summed E-state index contributed by atoms with van der Waals surface area (Å²) in [5.41, 5.74) is -2.70. The van der Waals surface area contributed by atoms with Gasteiger partial charge in [0.1, 0.15) is 122 Å². The number of fused-ring (bicyclic) bond motifs is 3. The van der Waals surface area contributed by atoms with Gasteiger partial charge >= 0.3 is 5.97 Å². The monoisotopic (exact) mass is 1130 g/mol. The standard InChI is InChI=1S/C50H80O28/c1-18-11-49-9-5-24-47(2,7-4-8-48(24,3)46(68)77-44-38(67)34(63)29(58)23(74-44)16-69-41-35(64)31(60)26(55)19(12-51)70-41)25(49)6-10-50(18,17-49)78-45-40(76-43-37(66)33(62)28(57)21(14-53)72-43)39(30(59)22(15-54)73-45)75-42-36(65)32(61)27(56)20(13-52)71-42/h19-45,51-67H,1,4-17H2,2-3H3/t19-,20-,21-,22-,23-,24+,25+,26-,27-,28-,29-,30-,31+,32+,33+,34+,35-,36-,37-,38-,39+,40-,41+,42+,43+,44+,45+,47-,48-,49-,50+/m1/s1. The largest absolute Gasteiger partial charge is 0.432 e. The number of aliphatic hydroxyl groups is 17. The second-order valence-electron chi connectivity index (χ2n) is 23.7. The number of carbonyl (C=O) groups excluding carboxylic acids is 1. The highest BCUT2D eigenvalue weighted by atomic mass is 16.8. The second-order valence-corrected chi connectivity index (χ2v) is 23.7. The first-order valence-electron chi connectivity index (χ1n) is 26.9. The van der Waals surface area contributed by atoms with Gasteiger partial charge in [0.15, 0.2) is 25.2 Å². The SMILES string of the molecule is C=C1C[C@@]23CC[C@H]4[C@@](C)(CCC[C@@]4(C)C(=O)O[C@@H]4O[C@H](CO[C@H]5O[C@H](CO)[C@@H](O)[C@H](O)[C@H]5O)[C@@H](O)[C@H](O)[C@H]4O)[C@@H]2CC[C@]1(O[C@@H]1O[C@H](CO)[C@@H](O)[C@H](O[C@@H]2O[C@H](CO)[C@@H](O)[C@H](O)[C@H]2O)[C@H]1O[C@@H]1O[C@H](CO)[C@@H](O)[C@H](O)[C@H]1O)C3. The Kier molecular flexibility index (Phi) is 18.2. The topological polar surface area (TPSA) is 453 Å². The Bertz CT molecular complexity index is 2070. The van der Waals surface area contributed by atoms with Gasteiger partial charge in [-0.15, -0.1) is 0 Å². The first kappa shape index (κ1) is 60.8. The van der Waals surface area contributed by atoms with Crippen molar-refractivity contribution in [3.05, 3.63) is 12.2 Å². The van der Waals surface area contributed by atoms with E-state index in [0.29, 0.717) is 63.4 Å². The van der Waals surface area contributed by atoms with E-state index in [1.54, 1.807) is 6.92 Å². The predicted molar refractivity (Wildman–Crippen MR) is 252 cm³/mol. The summed E-state index contributed by atoms with van der Waals surface area (Å²) in [6, 6.07) is 0. The lowest BCUT2D eigenvalue weighted by Crippen LogP contribution is -2.68. The van der Waals surface area contributed by atoms with Crippen molar-refractivity contribution in [3.63, 3.8) is 0 Å². The number of ether oxygens (including phenoxy) is 10. The molecule has 28 nitrogen and oxygen atoms in total. The zero-order chi connectivity index (χ0) is 56.7. The van der Waals surface area contributed by atoms with Gasteiger partial charge in [0.05, 0.1) is 44.1 Å². The molecule has 0 aromatic rings. The van der Waals surface area contributed by atoms with Crippen molar-refractivity contribution < 1.29 is 139 Å². The number of carbonyl (C=O) groups is 1. The van der Waals surface area contributed by atoms with Crippen LogP contribution >= 0.6 is 0 Å². The lowest BCUT2D eigenvalue weighted by molar-refractivity contribution is -0.400. The Balaban J connectivity index is 0.933. The number of hydrogen-bond donors (Lipinski definition) is 17. The van der Waals surface area contributed by atoms with Gasteiger partial charge in [-0.05, 0) is 86.5 Å². The third-order valence-electron chi connectivity index (χ3n) is 19.2. The summed E-state index contributed by atoms with van der Waals surface area (Å²) in [4.78, 5) is 14.7. The molecule has 0 aromatic heterocycles. The van der Waals surface area contributed by atoms with Crippen molar-refractivity contribution in [3.8, 4) is 0 Å². The van der Waals surface area contributed by atoms with Crippen molar-refractivity contribution in [1.29, 1.82) is 0 Å². The Morgan fingerprint density at radius 3 is 1.51 bits per heavy atom. The minimum Gasteiger partial charge on any atom is -0.432 e. The number of esters is 1. The molecule has 9 aliphatic rings. The van der Waals surface area contributed by atoms with E-state index in [4.69, 9.17) is 47.4 Å². The van der Waals surface area contributed by atoms with Crippen LogP contribution in [0.15, 0.2) is 12.2 Å². The Hall–Kier alpha value is -1.83. The number of rotatable bonds is 15. The van der Waals surface area contributed by atoms with Crippen molar-refractivity contribution in [2.75, 3.05) is 33.0 Å². The maximum atomic E-state index is 14.7. The molecule has 0 unspecified atom stereocenters. The molecule has 448 valence electrons. The zero-order valence-corrected chi connectivity index (χ0v) is 43.3. The van der Waals surface area contributed by atoms with Crippen LogP contribution in [0.3, 0.4) is 0 Å². The molecule has 0 aromatic carbocycles.